The summed E-state index contributed by atoms with van der Waals surface area (Å²) in [7, 11) is 0. The Morgan fingerprint density at radius 3 is 2.84 bits per heavy atom. The standard InChI is InChI=1S/C12H19N5O2/c1-9(10(2)17-6-3-4-15-17)13-5-7-16-11(18)8-14-12(16)19/h3-4,6,9-10,13H,5,7-8H2,1-2H3,(H,14,19). The zero-order valence-electron chi connectivity index (χ0n) is 11.2. The third-order valence-corrected chi connectivity index (χ3v) is 3.40. The second-order valence-corrected chi connectivity index (χ2v) is 4.67. The highest BCUT2D eigenvalue weighted by Crippen LogP contribution is 2.08. The van der Waals surface area contributed by atoms with Gasteiger partial charge in [-0.25, -0.2) is 4.79 Å². The molecule has 1 saturated heterocycles. The zero-order valence-corrected chi connectivity index (χ0v) is 11.2. The molecule has 0 saturated carbocycles. The highest BCUT2D eigenvalue weighted by molar-refractivity contribution is 6.01. The Morgan fingerprint density at radius 2 is 2.26 bits per heavy atom. The maximum atomic E-state index is 11.4. The highest BCUT2D eigenvalue weighted by atomic mass is 16.2. The first-order valence-corrected chi connectivity index (χ1v) is 6.40. The monoisotopic (exact) mass is 265 g/mol. The van der Waals surface area contributed by atoms with Crippen LogP contribution in [0.25, 0.3) is 0 Å². The number of rotatable bonds is 6. The molecule has 7 nitrogen and oxygen atoms in total. The molecule has 2 unspecified atom stereocenters. The van der Waals surface area contributed by atoms with Gasteiger partial charge in [0.15, 0.2) is 0 Å². The van der Waals surface area contributed by atoms with E-state index < -0.39 is 0 Å². The summed E-state index contributed by atoms with van der Waals surface area (Å²) in [6.07, 6.45) is 3.66. The number of carbonyl (C=O) groups excluding carboxylic acids is 2. The third kappa shape index (κ3) is 3.11. The van der Waals surface area contributed by atoms with Gasteiger partial charge in [0.05, 0.1) is 12.6 Å². The summed E-state index contributed by atoms with van der Waals surface area (Å²) >= 11 is 0. The molecule has 1 aliphatic rings. The number of nitrogens with one attached hydrogen (secondary N) is 2. The van der Waals surface area contributed by atoms with Crippen LogP contribution < -0.4 is 10.6 Å². The summed E-state index contributed by atoms with van der Waals surface area (Å²) in [5.41, 5.74) is 0. The normalized spacial score (nSPS) is 18.5. The van der Waals surface area contributed by atoms with Crippen LogP contribution in [0.4, 0.5) is 4.79 Å². The fourth-order valence-electron chi connectivity index (χ4n) is 2.01. The molecular weight excluding hydrogens is 246 g/mol. The predicted molar refractivity (Wildman–Crippen MR) is 69.5 cm³/mol. The quantitative estimate of drug-likeness (QED) is 0.708. The van der Waals surface area contributed by atoms with E-state index in [1.165, 1.54) is 4.90 Å². The van der Waals surface area contributed by atoms with Crippen molar-refractivity contribution >= 4 is 11.9 Å². The van der Waals surface area contributed by atoms with Gasteiger partial charge in [-0.1, -0.05) is 0 Å². The third-order valence-electron chi connectivity index (χ3n) is 3.40. The van der Waals surface area contributed by atoms with Crippen molar-refractivity contribution < 1.29 is 9.59 Å². The van der Waals surface area contributed by atoms with E-state index in [9.17, 15) is 9.59 Å². The molecule has 104 valence electrons. The van der Waals surface area contributed by atoms with Crippen LogP contribution in [0.5, 0.6) is 0 Å². The molecule has 19 heavy (non-hydrogen) atoms. The van der Waals surface area contributed by atoms with Crippen LogP contribution in [0.3, 0.4) is 0 Å². The second kappa shape index (κ2) is 5.83. The topological polar surface area (TPSA) is 79.3 Å². The van der Waals surface area contributed by atoms with Crippen molar-refractivity contribution in [2.75, 3.05) is 19.6 Å². The SMILES string of the molecule is CC(NCCN1C(=O)CNC1=O)C(C)n1cccn1. The number of hydrogen-bond acceptors (Lipinski definition) is 4. The van der Waals surface area contributed by atoms with E-state index >= 15 is 0 Å². The molecule has 1 aromatic heterocycles. The predicted octanol–water partition coefficient (Wildman–Crippen LogP) is -0.0260. The van der Waals surface area contributed by atoms with Gasteiger partial charge in [0.25, 0.3) is 0 Å². The lowest BCUT2D eigenvalue weighted by Gasteiger charge is -2.22. The number of nitrogens with zero attached hydrogens (tertiary/aromatic N) is 3. The number of imide groups is 1. The molecule has 2 heterocycles. The van der Waals surface area contributed by atoms with Gasteiger partial charge >= 0.3 is 6.03 Å². The lowest BCUT2D eigenvalue weighted by molar-refractivity contribution is -0.124. The van der Waals surface area contributed by atoms with Gasteiger partial charge in [0.2, 0.25) is 5.91 Å². The lowest BCUT2D eigenvalue weighted by atomic mass is 10.2. The van der Waals surface area contributed by atoms with Gasteiger partial charge in [-0.2, -0.15) is 5.10 Å². The molecule has 2 N–H and O–H groups in total. The molecule has 0 aromatic carbocycles. The smallest absolute Gasteiger partial charge is 0.324 e. The average molecular weight is 265 g/mol. The summed E-state index contributed by atoms with van der Waals surface area (Å²) in [6.45, 7) is 5.20. The van der Waals surface area contributed by atoms with Gasteiger partial charge in [0.1, 0.15) is 0 Å². The van der Waals surface area contributed by atoms with Crippen LogP contribution in [0, 0.1) is 0 Å². The number of aromatic nitrogens is 2. The van der Waals surface area contributed by atoms with E-state index in [0.29, 0.717) is 13.1 Å². The average Bonchev–Trinajstić information content (AvgIpc) is 3.02. The fourth-order valence-corrected chi connectivity index (χ4v) is 2.01. The molecule has 0 aliphatic carbocycles. The van der Waals surface area contributed by atoms with E-state index in [2.05, 4.69) is 29.6 Å². The Kier molecular flexibility index (Phi) is 4.16. The first-order chi connectivity index (χ1) is 9.09. The Hall–Kier alpha value is -1.89. The van der Waals surface area contributed by atoms with E-state index in [1.54, 1.807) is 6.20 Å². The van der Waals surface area contributed by atoms with Crippen LogP contribution in [-0.2, 0) is 4.79 Å². The molecule has 7 heteroatoms. The van der Waals surface area contributed by atoms with Crippen molar-refractivity contribution in [3.8, 4) is 0 Å². The molecule has 1 aliphatic heterocycles. The summed E-state index contributed by atoms with van der Waals surface area (Å²) in [5, 5.41) is 10.00. The van der Waals surface area contributed by atoms with Crippen LogP contribution >= 0.6 is 0 Å². The maximum absolute atomic E-state index is 11.4. The Labute approximate surface area is 111 Å². The van der Waals surface area contributed by atoms with Crippen LogP contribution in [0.15, 0.2) is 18.5 Å². The molecule has 3 amide bonds. The van der Waals surface area contributed by atoms with Crippen molar-refractivity contribution in [3.05, 3.63) is 18.5 Å². The fraction of sp³-hybridized carbons (Fsp3) is 0.583. The van der Waals surface area contributed by atoms with Crippen molar-refractivity contribution in [1.82, 2.24) is 25.3 Å². The summed E-state index contributed by atoms with van der Waals surface area (Å²) < 4.78 is 1.88. The van der Waals surface area contributed by atoms with E-state index in [1.807, 2.05) is 16.9 Å². The van der Waals surface area contributed by atoms with Crippen molar-refractivity contribution in [3.63, 3.8) is 0 Å². The summed E-state index contributed by atoms with van der Waals surface area (Å²) in [6, 6.07) is 1.98. The maximum Gasteiger partial charge on any atom is 0.324 e. The minimum absolute atomic E-state index is 0.109. The van der Waals surface area contributed by atoms with Gasteiger partial charge in [-0.15, -0.1) is 0 Å². The van der Waals surface area contributed by atoms with Crippen LogP contribution in [0.1, 0.15) is 19.9 Å². The summed E-state index contributed by atoms with van der Waals surface area (Å²) in [4.78, 5) is 23.9. The molecule has 2 rings (SSSR count). The molecule has 1 aromatic rings. The first kappa shape index (κ1) is 13.5. The lowest BCUT2D eigenvalue weighted by Crippen LogP contribution is -2.41. The van der Waals surface area contributed by atoms with Crippen molar-refractivity contribution in [2.24, 2.45) is 0 Å². The second-order valence-electron chi connectivity index (χ2n) is 4.67. The Morgan fingerprint density at radius 1 is 1.47 bits per heavy atom. The Bertz CT molecular complexity index is 429. The molecule has 0 bridgehead atoms. The molecule has 0 spiro atoms. The minimum atomic E-state index is -0.306. The molecule has 2 atom stereocenters. The van der Waals surface area contributed by atoms with Gasteiger partial charge in [0, 0.05) is 31.5 Å². The first-order valence-electron chi connectivity index (χ1n) is 6.40. The highest BCUT2D eigenvalue weighted by Gasteiger charge is 2.27. The van der Waals surface area contributed by atoms with E-state index in [-0.39, 0.29) is 30.6 Å². The van der Waals surface area contributed by atoms with Crippen molar-refractivity contribution in [2.45, 2.75) is 25.9 Å². The number of amides is 3. The molecule has 1 fully saturated rings. The van der Waals surface area contributed by atoms with E-state index in [0.717, 1.165) is 0 Å². The number of urea groups is 1. The molecule has 0 radical (unpaired) electrons. The zero-order chi connectivity index (χ0) is 13.8. The molecular formula is C12H19N5O2. The Balaban J connectivity index is 1.76. The number of carbonyl (C=O) groups is 2. The minimum Gasteiger partial charge on any atom is -0.329 e. The number of hydrogen-bond donors (Lipinski definition) is 2. The van der Waals surface area contributed by atoms with Crippen molar-refractivity contribution in [1.29, 1.82) is 0 Å². The van der Waals surface area contributed by atoms with Gasteiger partial charge in [-0.3, -0.25) is 14.4 Å². The van der Waals surface area contributed by atoms with Crippen LogP contribution in [-0.4, -0.2) is 52.3 Å². The largest absolute Gasteiger partial charge is 0.329 e. The van der Waals surface area contributed by atoms with Crippen LogP contribution in [0.2, 0.25) is 0 Å². The summed E-state index contributed by atoms with van der Waals surface area (Å²) in [5.74, 6) is -0.167. The van der Waals surface area contributed by atoms with Gasteiger partial charge in [-0.05, 0) is 19.9 Å². The van der Waals surface area contributed by atoms with Gasteiger partial charge < -0.3 is 10.6 Å². The van der Waals surface area contributed by atoms with E-state index in [4.69, 9.17) is 0 Å².